The third-order valence-corrected chi connectivity index (χ3v) is 7.52. The van der Waals surface area contributed by atoms with Crippen LogP contribution in [0.4, 0.5) is 29.1 Å². The van der Waals surface area contributed by atoms with Crippen LogP contribution in [0.25, 0.3) is 11.0 Å². The maximum Gasteiger partial charge on any atom is 0.238 e. The Morgan fingerprint density at radius 1 is 1.00 bits per heavy atom. The van der Waals surface area contributed by atoms with Crippen LogP contribution in [0.15, 0.2) is 83.9 Å². The van der Waals surface area contributed by atoms with E-state index >= 15 is 0 Å². The molecule has 0 bridgehead atoms. The minimum Gasteiger partial charge on any atom is -0.352 e. The largest absolute Gasteiger partial charge is 0.352 e. The molecule has 0 aliphatic rings. The number of nitrogens with two attached hydrogens (primary N) is 1. The fourth-order valence-electron chi connectivity index (χ4n) is 4.40. The van der Waals surface area contributed by atoms with Gasteiger partial charge in [-0.2, -0.15) is 4.98 Å². The van der Waals surface area contributed by atoms with Crippen molar-refractivity contribution in [3.05, 3.63) is 90.1 Å². The quantitative estimate of drug-likeness (QED) is 0.239. The molecule has 5 rings (SSSR count). The van der Waals surface area contributed by atoms with Gasteiger partial charge in [0, 0.05) is 37.7 Å². The molecule has 2 heterocycles. The van der Waals surface area contributed by atoms with Gasteiger partial charge in [0.05, 0.1) is 15.9 Å². The van der Waals surface area contributed by atoms with E-state index in [0.717, 1.165) is 29.2 Å². The lowest BCUT2D eigenvalue weighted by atomic mass is 10.2. The number of nitrogens with zero attached hydrogens (tertiary/aromatic N) is 5. The molecule has 0 aliphatic carbocycles. The molecule has 10 nitrogen and oxygen atoms in total. The van der Waals surface area contributed by atoms with Gasteiger partial charge >= 0.3 is 0 Å². The Bertz CT molecular complexity index is 1740. The second-order valence-electron chi connectivity index (χ2n) is 9.14. The molecule has 0 amide bonds. The average Bonchev–Trinajstić information content (AvgIpc) is 3.29. The molecule has 0 unspecified atom stereocenters. The van der Waals surface area contributed by atoms with E-state index in [9.17, 15) is 8.42 Å². The smallest absolute Gasteiger partial charge is 0.238 e. The minimum atomic E-state index is -3.85. The van der Waals surface area contributed by atoms with Crippen molar-refractivity contribution in [1.29, 1.82) is 0 Å². The number of hydrogen-bond donors (Lipinski definition) is 3. The van der Waals surface area contributed by atoms with E-state index in [4.69, 9.17) is 10.1 Å². The van der Waals surface area contributed by atoms with E-state index in [1.54, 1.807) is 31.3 Å². The van der Waals surface area contributed by atoms with Crippen LogP contribution in [0, 0.1) is 6.92 Å². The highest BCUT2D eigenvalue weighted by molar-refractivity contribution is 7.89. The Morgan fingerprint density at radius 3 is 2.54 bits per heavy atom. The molecule has 11 heteroatoms. The average molecular weight is 543 g/mol. The molecule has 39 heavy (non-hydrogen) atoms. The molecule has 2 aromatic heterocycles. The van der Waals surface area contributed by atoms with Gasteiger partial charge in [-0.25, -0.2) is 23.5 Å². The topological polar surface area (TPSA) is 131 Å². The van der Waals surface area contributed by atoms with Crippen molar-refractivity contribution in [3.8, 4) is 0 Å². The molecule has 0 aliphatic heterocycles. The summed E-state index contributed by atoms with van der Waals surface area (Å²) in [5.74, 6) is 1.80. The molecule has 0 saturated carbocycles. The molecule has 5 aromatic rings. The summed E-state index contributed by atoms with van der Waals surface area (Å²) >= 11 is 0. The zero-order valence-corrected chi connectivity index (χ0v) is 22.8. The highest BCUT2D eigenvalue weighted by Crippen LogP contribution is 2.29. The standard InChI is InChI=1S/C28H30N8O2S/c1-4-36-24-13-12-22(17-23(24)33-28(36)31-18-20-8-6-5-7-9-20)35(3)26-14-15-30-27(34-26)32-21-11-10-19(2)25(16-21)39(29,37)38/h5-17H,4,18H2,1-3H3,(H,31,33)(H2,29,37,38)(H,30,32,34). The summed E-state index contributed by atoms with van der Waals surface area (Å²) in [6.45, 7) is 5.27. The van der Waals surface area contributed by atoms with E-state index in [-0.39, 0.29) is 4.90 Å². The minimum absolute atomic E-state index is 0.0539. The van der Waals surface area contributed by atoms with Gasteiger partial charge in [-0.3, -0.25) is 0 Å². The fourth-order valence-corrected chi connectivity index (χ4v) is 5.21. The van der Waals surface area contributed by atoms with E-state index in [2.05, 4.69) is 50.3 Å². The van der Waals surface area contributed by atoms with Gasteiger partial charge in [-0.15, -0.1) is 0 Å². The molecule has 0 saturated heterocycles. The predicted molar refractivity (Wildman–Crippen MR) is 155 cm³/mol. The summed E-state index contributed by atoms with van der Waals surface area (Å²) < 4.78 is 26.0. The number of rotatable bonds is 9. The summed E-state index contributed by atoms with van der Waals surface area (Å²) in [5.41, 5.74) is 5.10. The van der Waals surface area contributed by atoms with Crippen molar-refractivity contribution in [2.45, 2.75) is 31.8 Å². The first-order chi connectivity index (χ1) is 18.7. The SMILES string of the molecule is CCn1c(NCc2ccccc2)nc2cc(N(C)c3ccnc(Nc4ccc(C)c(S(N)(=O)=O)c4)n3)ccc21. The monoisotopic (exact) mass is 542 g/mol. The molecule has 0 fully saturated rings. The van der Waals surface area contributed by atoms with Gasteiger partial charge in [0.25, 0.3) is 0 Å². The van der Waals surface area contributed by atoms with Crippen LogP contribution in [0.1, 0.15) is 18.1 Å². The molecular weight excluding hydrogens is 512 g/mol. The van der Waals surface area contributed by atoms with Crippen LogP contribution >= 0.6 is 0 Å². The summed E-state index contributed by atoms with van der Waals surface area (Å²) in [6, 6.07) is 23.1. The Hall–Kier alpha value is -4.48. The van der Waals surface area contributed by atoms with Gasteiger partial charge in [0.15, 0.2) is 0 Å². The summed E-state index contributed by atoms with van der Waals surface area (Å²) in [4.78, 5) is 15.8. The van der Waals surface area contributed by atoms with Gasteiger partial charge in [0.1, 0.15) is 5.82 Å². The normalized spacial score (nSPS) is 11.5. The molecular formula is C28H30N8O2S. The van der Waals surface area contributed by atoms with Crippen LogP contribution < -0.4 is 20.7 Å². The van der Waals surface area contributed by atoms with Crippen LogP contribution in [0.5, 0.6) is 0 Å². The maximum atomic E-state index is 11.9. The number of hydrogen-bond acceptors (Lipinski definition) is 8. The van der Waals surface area contributed by atoms with Gasteiger partial charge in [-0.05, 0) is 61.4 Å². The number of primary sulfonamides is 1. The molecule has 0 spiro atoms. The van der Waals surface area contributed by atoms with Crippen LogP contribution in [-0.2, 0) is 23.1 Å². The maximum absolute atomic E-state index is 11.9. The number of aryl methyl sites for hydroxylation is 2. The van der Waals surface area contributed by atoms with Crippen molar-refractivity contribution in [2.75, 3.05) is 22.6 Å². The van der Waals surface area contributed by atoms with Crippen molar-refractivity contribution < 1.29 is 8.42 Å². The summed E-state index contributed by atoms with van der Waals surface area (Å²) in [7, 11) is -1.93. The molecule has 0 atom stereocenters. The number of anilines is 5. The highest BCUT2D eigenvalue weighted by atomic mass is 32.2. The Kier molecular flexibility index (Phi) is 7.18. The number of nitrogens with one attached hydrogen (secondary N) is 2. The first-order valence-corrected chi connectivity index (χ1v) is 14.0. The second kappa shape index (κ2) is 10.7. The molecule has 3 aromatic carbocycles. The van der Waals surface area contributed by atoms with Crippen molar-refractivity contribution in [3.63, 3.8) is 0 Å². The third kappa shape index (κ3) is 5.69. The molecule has 200 valence electrons. The fraction of sp³-hybridized carbons (Fsp3) is 0.179. The number of sulfonamides is 1. The zero-order chi connectivity index (χ0) is 27.6. The first kappa shape index (κ1) is 26.1. The Labute approximate surface area is 227 Å². The van der Waals surface area contributed by atoms with Crippen LogP contribution in [0.3, 0.4) is 0 Å². The number of benzene rings is 3. The summed E-state index contributed by atoms with van der Waals surface area (Å²) in [6.07, 6.45) is 1.64. The summed E-state index contributed by atoms with van der Waals surface area (Å²) in [5, 5.41) is 11.9. The third-order valence-electron chi connectivity index (χ3n) is 6.46. The lowest BCUT2D eigenvalue weighted by Crippen LogP contribution is -2.14. The van der Waals surface area contributed by atoms with E-state index in [1.165, 1.54) is 11.6 Å². The van der Waals surface area contributed by atoms with Crippen molar-refractivity contribution >= 4 is 50.1 Å². The lowest BCUT2D eigenvalue weighted by molar-refractivity contribution is 0.597. The first-order valence-electron chi connectivity index (χ1n) is 12.5. The lowest BCUT2D eigenvalue weighted by Gasteiger charge is -2.19. The molecule has 0 radical (unpaired) electrons. The van der Waals surface area contributed by atoms with E-state index < -0.39 is 10.0 Å². The van der Waals surface area contributed by atoms with E-state index in [0.29, 0.717) is 29.6 Å². The number of aromatic nitrogens is 4. The highest BCUT2D eigenvalue weighted by Gasteiger charge is 2.15. The Morgan fingerprint density at radius 2 is 1.79 bits per heavy atom. The van der Waals surface area contributed by atoms with Crippen molar-refractivity contribution in [1.82, 2.24) is 19.5 Å². The Balaban J connectivity index is 1.38. The van der Waals surface area contributed by atoms with E-state index in [1.807, 2.05) is 42.3 Å². The second-order valence-corrected chi connectivity index (χ2v) is 10.7. The number of fused-ring (bicyclic) bond motifs is 1. The predicted octanol–water partition coefficient (Wildman–Crippen LogP) is 4.93. The van der Waals surface area contributed by atoms with Crippen LogP contribution in [-0.4, -0.2) is 35.0 Å². The van der Waals surface area contributed by atoms with Crippen LogP contribution in [0.2, 0.25) is 0 Å². The van der Waals surface area contributed by atoms with Gasteiger partial charge < -0.3 is 20.1 Å². The van der Waals surface area contributed by atoms with Gasteiger partial charge in [0.2, 0.25) is 21.9 Å². The van der Waals surface area contributed by atoms with Crippen molar-refractivity contribution in [2.24, 2.45) is 5.14 Å². The zero-order valence-electron chi connectivity index (χ0n) is 22.0. The number of imidazole rings is 1. The van der Waals surface area contributed by atoms with Gasteiger partial charge in [-0.1, -0.05) is 36.4 Å². The molecule has 4 N–H and O–H groups in total.